The van der Waals surface area contributed by atoms with Gasteiger partial charge in [0.05, 0.1) is 17.2 Å². The van der Waals surface area contributed by atoms with Crippen molar-refractivity contribution in [2.24, 2.45) is 0 Å². The van der Waals surface area contributed by atoms with E-state index in [0.717, 1.165) is 11.2 Å². The molecule has 0 radical (unpaired) electrons. The van der Waals surface area contributed by atoms with Gasteiger partial charge >= 0.3 is 0 Å². The third kappa shape index (κ3) is 1.35. The lowest BCUT2D eigenvalue weighted by molar-refractivity contribution is 1.12. The first-order valence-electron chi connectivity index (χ1n) is 4.33. The lowest BCUT2D eigenvalue weighted by Crippen LogP contribution is -2.10. The lowest BCUT2D eigenvalue weighted by atomic mass is 10.2. The van der Waals surface area contributed by atoms with Crippen molar-refractivity contribution >= 4 is 16.6 Å². The maximum atomic E-state index is 11.4. The van der Waals surface area contributed by atoms with Gasteiger partial charge in [-0.1, -0.05) is 0 Å². The Balaban J connectivity index is 2.74. The van der Waals surface area contributed by atoms with Crippen LogP contribution < -0.4 is 10.5 Å². The van der Waals surface area contributed by atoms with Gasteiger partial charge in [-0.15, -0.1) is 0 Å². The molecule has 0 spiro atoms. The molecule has 1 N–H and O–H groups in total. The van der Waals surface area contributed by atoms with Crippen molar-refractivity contribution in [2.45, 2.75) is 0 Å². The van der Waals surface area contributed by atoms with Crippen LogP contribution in [0.3, 0.4) is 0 Å². The summed E-state index contributed by atoms with van der Waals surface area (Å²) in [4.78, 5) is 20.0. The van der Waals surface area contributed by atoms with Gasteiger partial charge < -0.3 is 9.88 Å². The summed E-state index contributed by atoms with van der Waals surface area (Å²) < 4.78 is 0. The van der Waals surface area contributed by atoms with E-state index in [0.29, 0.717) is 5.39 Å². The lowest BCUT2D eigenvalue weighted by Gasteiger charge is -2.11. The summed E-state index contributed by atoms with van der Waals surface area (Å²) in [5.41, 5.74) is 1.66. The average molecular weight is 189 g/mol. The van der Waals surface area contributed by atoms with Crippen LogP contribution in [0.1, 0.15) is 0 Å². The number of H-pyrrole nitrogens is 1. The van der Waals surface area contributed by atoms with Crippen LogP contribution in [0.4, 0.5) is 5.69 Å². The van der Waals surface area contributed by atoms with Crippen LogP contribution in [0.2, 0.25) is 0 Å². The Labute approximate surface area is 81.2 Å². The van der Waals surface area contributed by atoms with Crippen LogP contribution in [-0.4, -0.2) is 24.1 Å². The molecule has 0 amide bonds. The van der Waals surface area contributed by atoms with Gasteiger partial charge in [-0.3, -0.25) is 4.79 Å². The second-order valence-electron chi connectivity index (χ2n) is 3.33. The summed E-state index contributed by atoms with van der Waals surface area (Å²) in [6.45, 7) is 0. The Kier molecular flexibility index (Phi) is 1.96. The van der Waals surface area contributed by atoms with E-state index in [2.05, 4.69) is 9.97 Å². The van der Waals surface area contributed by atoms with Crippen LogP contribution in [0, 0.1) is 0 Å². The Morgan fingerprint density at radius 2 is 2.14 bits per heavy atom. The van der Waals surface area contributed by atoms with Crippen LogP contribution in [0.15, 0.2) is 29.3 Å². The molecule has 2 aromatic rings. The number of nitrogens with zero attached hydrogens (tertiary/aromatic N) is 2. The fourth-order valence-electron chi connectivity index (χ4n) is 1.34. The van der Waals surface area contributed by atoms with Gasteiger partial charge in [-0.25, -0.2) is 4.98 Å². The van der Waals surface area contributed by atoms with Gasteiger partial charge in [0.15, 0.2) is 0 Å². The van der Waals surface area contributed by atoms with Gasteiger partial charge in [-0.05, 0) is 18.2 Å². The smallest absolute Gasteiger partial charge is 0.258 e. The van der Waals surface area contributed by atoms with Crippen molar-refractivity contribution < 1.29 is 0 Å². The SMILES string of the molecule is CN(C)c1ccc2c(=O)[nH]cnc2c1. The third-order valence-electron chi connectivity index (χ3n) is 2.14. The molecular weight excluding hydrogens is 178 g/mol. The van der Waals surface area contributed by atoms with Gasteiger partial charge in [0.2, 0.25) is 0 Å². The fourth-order valence-corrected chi connectivity index (χ4v) is 1.34. The zero-order chi connectivity index (χ0) is 10.1. The summed E-state index contributed by atoms with van der Waals surface area (Å²) in [6.07, 6.45) is 1.42. The molecule has 1 aromatic heterocycles. The maximum Gasteiger partial charge on any atom is 0.258 e. The molecule has 0 saturated heterocycles. The highest BCUT2D eigenvalue weighted by atomic mass is 16.1. The number of nitrogens with one attached hydrogen (secondary N) is 1. The number of benzene rings is 1. The van der Waals surface area contributed by atoms with Crippen molar-refractivity contribution in [3.05, 3.63) is 34.9 Å². The van der Waals surface area contributed by atoms with E-state index in [1.165, 1.54) is 6.33 Å². The second kappa shape index (κ2) is 3.14. The zero-order valence-electron chi connectivity index (χ0n) is 8.11. The zero-order valence-corrected chi connectivity index (χ0v) is 8.11. The molecule has 72 valence electrons. The molecule has 1 aromatic carbocycles. The minimum absolute atomic E-state index is 0.0969. The molecule has 14 heavy (non-hydrogen) atoms. The molecule has 1 heterocycles. The number of fused-ring (bicyclic) bond motifs is 1. The normalized spacial score (nSPS) is 10.4. The van der Waals surface area contributed by atoms with Crippen molar-refractivity contribution in [1.82, 2.24) is 9.97 Å². The van der Waals surface area contributed by atoms with E-state index >= 15 is 0 Å². The van der Waals surface area contributed by atoms with E-state index in [-0.39, 0.29) is 5.56 Å². The molecule has 0 unspecified atom stereocenters. The summed E-state index contributed by atoms with van der Waals surface area (Å²) in [7, 11) is 3.91. The molecule has 0 aliphatic heterocycles. The standard InChI is InChI=1S/C10H11N3O/c1-13(2)7-3-4-8-9(5-7)11-6-12-10(8)14/h3-6H,1-2H3,(H,11,12,14). The fraction of sp³-hybridized carbons (Fsp3) is 0.200. The second-order valence-corrected chi connectivity index (χ2v) is 3.33. The minimum atomic E-state index is -0.0969. The molecule has 0 fully saturated rings. The number of hydrogen-bond acceptors (Lipinski definition) is 3. The number of aromatic nitrogens is 2. The van der Waals surface area contributed by atoms with Gasteiger partial charge in [0, 0.05) is 19.8 Å². The number of aromatic amines is 1. The largest absolute Gasteiger partial charge is 0.378 e. The van der Waals surface area contributed by atoms with Crippen molar-refractivity contribution in [3.63, 3.8) is 0 Å². The van der Waals surface area contributed by atoms with Gasteiger partial charge in [0.1, 0.15) is 0 Å². The van der Waals surface area contributed by atoms with Crippen molar-refractivity contribution in [1.29, 1.82) is 0 Å². The molecule has 0 saturated carbocycles. The van der Waals surface area contributed by atoms with E-state index in [9.17, 15) is 4.79 Å². The Hall–Kier alpha value is -1.84. The molecular formula is C10H11N3O. The van der Waals surface area contributed by atoms with Crippen LogP contribution in [0.25, 0.3) is 10.9 Å². The minimum Gasteiger partial charge on any atom is -0.378 e. The molecule has 0 aliphatic carbocycles. The summed E-state index contributed by atoms with van der Waals surface area (Å²) in [5.74, 6) is 0. The number of rotatable bonds is 1. The Bertz CT molecular complexity index is 516. The summed E-state index contributed by atoms with van der Waals surface area (Å²) in [6, 6.07) is 5.58. The maximum absolute atomic E-state index is 11.4. The quantitative estimate of drug-likeness (QED) is 0.727. The van der Waals surface area contributed by atoms with Crippen molar-refractivity contribution in [2.75, 3.05) is 19.0 Å². The average Bonchev–Trinajstić information content (AvgIpc) is 2.17. The molecule has 4 nitrogen and oxygen atoms in total. The molecule has 4 heteroatoms. The first kappa shape index (κ1) is 8.74. The highest BCUT2D eigenvalue weighted by Gasteiger charge is 2.01. The van der Waals surface area contributed by atoms with Crippen LogP contribution >= 0.6 is 0 Å². The van der Waals surface area contributed by atoms with Crippen molar-refractivity contribution in [3.8, 4) is 0 Å². The predicted octanol–water partition coefficient (Wildman–Crippen LogP) is 0.989. The summed E-state index contributed by atoms with van der Waals surface area (Å²) in [5, 5.41) is 0.623. The summed E-state index contributed by atoms with van der Waals surface area (Å²) >= 11 is 0. The number of anilines is 1. The molecule has 2 rings (SSSR count). The van der Waals surface area contributed by atoms with E-state index < -0.39 is 0 Å². The first-order chi connectivity index (χ1) is 6.68. The highest BCUT2D eigenvalue weighted by Crippen LogP contribution is 2.15. The first-order valence-corrected chi connectivity index (χ1v) is 4.33. The Morgan fingerprint density at radius 3 is 2.86 bits per heavy atom. The van der Waals surface area contributed by atoms with Gasteiger partial charge in [0.25, 0.3) is 5.56 Å². The predicted molar refractivity (Wildman–Crippen MR) is 56.7 cm³/mol. The van der Waals surface area contributed by atoms with E-state index in [1.807, 2.05) is 31.1 Å². The van der Waals surface area contributed by atoms with Crippen LogP contribution in [0.5, 0.6) is 0 Å². The monoisotopic (exact) mass is 189 g/mol. The molecule has 0 atom stereocenters. The third-order valence-corrected chi connectivity index (χ3v) is 2.14. The van der Waals surface area contributed by atoms with E-state index in [4.69, 9.17) is 0 Å². The highest BCUT2D eigenvalue weighted by molar-refractivity contribution is 5.81. The Morgan fingerprint density at radius 1 is 1.36 bits per heavy atom. The van der Waals surface area contributed by atoms with Crippen LogP contribution in [-0.2, 0) is 0 Å². The van der Waals surface area contributed by atoms with Gasteiger partial charge in [-0.2, -0.15) is 0 Å². The van der Waals surface area contributed by atoms with E-state index in [1.54, 1.807) is 6.07 Å². The number of hydrogen-bond donors (Lipinski definition) is 1. The topological polar surface area (TPSA) is 49.0 Å². The molecule has 0 aliphatic rings. The molecule has 0 bridgehead atoms.